The van der Waals surface area contributed by atoms with Crippen LogP contribution in [0.3, 0.4) is 0 Å². The van der Waals surface area contributed by atoms with Crippen LogP contribution in [0.1, 0.15) is 16.7 Å². The summed E-state index contributed by atoms with van der Waals surface area (Å²) < 4.78 is 12.8. The van der Waals surface area contributed by atoms with E-state index in [1.54, 1.807) is 12.1 Å². The number of terminal acetylenes is 1. The monoisotopic (exact) mass is 248 g/mol. The molecule has 0 N–H and O–H groups in total. The van der Waals surface area contributed by atoms with Crippen molar-refractivity contribution in [3.8, 4) is 12.3 Å². The Balaban J connectivity index is 2.21. The van der Waals surface area contributed by atoms with E-state index in [0.29, 0.717) is 0 Å². The lowest BCUT2D eigenvalue weighted by molar-refractivity contribution is 0.627. The summed E-state index contributed by atoms with van der Waals surface area (Å²) in [6.45, 7) is 3.96. The lowest BCUT2D eigenvalue weighted by Crippen LogP contribution is -1.82. The maximum absolute atomic E-state index is 12.8. The van der Waals surface area contributed by atoms with Gasteiger partial charge in [0.2, 0.25) is 0 Å². The highest BCUT2D eigenvalue weighted by molar-refractivity contribution is 5.78. The molecule has 0 radical (unpaired) electrons. The van der Waals surface area contributed by atoms with Crippen LogP contribution in [0.2, 0.25) is 0 Å². The highest BCUT2D eigenvalue weighted by Crippen LogP contribution is 2.17. The molecule has 0 aromatic heterocycles. The minimum Gasteiger partial charge on any atom is -0.207 e. The minimum absolute atomic E-state index is 0.252. The van der Waals surface area contributed by atoms with Gasteiger partial charge in [-0.3, -0.25) is 0 Å². The lowest BCUT2D eigenvalue weighted by atomic mass is 10.0. The maximum Gasteiger partial charge on any atom is 0.123 e. The van der Waals surface area contributed by atoms with Gasteiger partial charge in [0.15, 0.2) is 0 Å². The zero-order valence-corrected chi connectivity index (χ0v) is 10.4. The third-order valence-corrected chi connectivity index (χ3v) is 2.80. The maximum atomic E-state index is 12.8. The van der Waals surface area contributed by atoms with E-state index >= 15 is 0 Å². The van der Waals surface area contributed by atoms with Gasteiger partial charge in [-0.1, -0.05) is 55.0 Å². The first-order valence-electron chi connectivity index (χ1n) is 5.89. The van der Waals surface area contributed by atoms with Gasteiger partial charge in [-0.2, -0.15) is 0 Å². The van der Waals surface area contributed by atoms with Crippen molar-refractivity contribution in [2.45, 2.75) is 0 Å². The Morgan fingerprint density at radius 3 is 2.47 bits per heavy atom. The Hall–Kier alpha value is -2.59. The van der Waals surface area contributed by atoms with Gasteiger partial charge in [-0.15, -0.1) is 6.42 Å². The molecule has 0 aliphatic rings. The first-order chi connectivity index (χ1) is 9.20. The summed E-state index contributed by atoms with van der Waals surface area (Å²) in [5.41, 5.74) is 3.50. The zero-order valence-electron chi connectivity index (χ0n) is 10.4. The fourth-order valence-electron chi connectivity index (χ4n) is 1.72. The standard InChI is InChI=1S/C18H13F/c1-3-15-6-4-5-7-17(15)9-8-14(2)16-10-12-18(19)13-11-16/h1,4-13H,2H2. The lowest BCUT2D eigenvalue weighted by Gasteiger charge is -2.01. The third-order valence-electron chi connectivity index (χ3n) is 2.80. The molecule has 0 nitrogen and oxygen atoms in total. The molecular formula is C18H13F. The van der Waals surface area contributed by atoms with Crippen molar-refractivity contribution in [2.75, 3.05) is 0 Å². The van der Waals surface area contributed by atoms with Crippen molar-refractivity contribution < 1.29 is 4.39 Å². The average molecular weight is 248 g/mol. The van der Waals surface area contributed by atoms with Crippen molar-refractivity contribution >= 4 is 11.6 Å². The number of hydrogen-bond donors (Lipinski definition) is 0. The molecule has 2 aromatic carbocycles. The van der Waals surface area contributed by atoms with Crippen LogP contribution in [-0.4, -0.2) is 0 Å². The quantitative estimate of drug-likeness (QED) is 0.553. The molecule has 0 amide bonds. The predicted octanol–water partition coefficient (Wildman–Crippen LogP) is 4.53. The van der Waals surface area contributed by atoms with Gasteiger partial charge < -0.3 is 0 Å². The fraction of sp³-hybridized carbons (Fsp3) is 0. The Kier molecular flexibility index (Phi) is 3.95. The van der Waals surface area contributed by atoms with E-state index in [1.807, 2.05) is 36.4 Å². The second-order valence-electron chi connectivity index (χ2n) is 4.10. The van der Waals surface area contributed by atoms with Gasteiger partial charge in [0.25, 0.3) is 0 Å². The topological polar surface area (TPSA) is 0 Å². The van der Waals surface area contributed by atoms with Crippen LogP contribution in [0, 0.1) is 18.2 Å². The van der Waals surface area contributed by atoms with Crippen molar-refractivity contribution in [2.24, 2.45) is 0 Å². The molecule has 0 aliphatic heterocycles. The van der Waals surface area contributed by atoms with Crippen LogP contribution >= 0.6 is 0 Å². The molecule has 0 aliphatic carbocycles. The number of rotatable bonds is 3. The van der Waals surface area contributed by atoms with Crippen molar-refractivity contribution in [1.29, 1.82) is 0 Å². The second kappa shape index (κ2) is 5.84. The minimum atomic E-state index is -0.252. The van der Waals surface area contributed by atoms with Crippen LogP contribution in [0.5, 0.6) is 0 Å². The molecule has 0 saturated carbocycles. The molecule has 1 heteroatoms. The molecule has 0 spiro atoms. The van der Waals surface area contributed by atoms with E-state index in [0.717, 1.165) is 22.3 Å². The van der Waals surface area contributed by atoms with E-state index in [2.05, 4.69) is 12.5 Å². The Labute approximate surface area is 112 Å². The Bertz CT molecular complexity index is 655. The van der Waals surface area contributed by atoms with Crippen LogP contribution in [-0.2, 0) is 0 Å². The number of halogens is 1. The summed E-state index contributed by atoms with van der Waals surface area (Å²) in [5, 5.41) is 0. The van der Waals surface area contributed by atoms with Crippen molar-refractivity contribution in [1.82, 2.24) is 0 Å². The van der Waals surface area contributed by atoms with E-state index in [-0.39, 0.29) is 5.82 Å². The highest BCUT2D eigenvalue weighted by Gasteiger charge is 1.97. The highest BCUT2D eigenvalue weighted by atomic mass is 19.1. The summed E-state index contributed by atoms with van der Waals surface area (Å²) in [6.07, 6.45) is 9.23. The number of hydrogen-bond acceptors (Lipinski definition) is 0. The molecular weight excluding hydrogens is 235 g/mol. The normalized spacial score (nSPS) is 10.3. The molecule has 19 heavy (non-hydrogen) atoms. The first-order valence-corrected chi connectivity index (χ1v) is 5.89. The van der Waals surface area contributed by atoms with Crippen molar-refractivity contribution in [3.63, 3.8) is 0 Å². The van der Waals surface area contributed by atoms with Crippen LogP contribution < -0.4 is 0 Å². The van der Waals surface area contributed by atoms with Gasteiger partial charge in [-0.05, 0) is 34.9 Å². The molecule has 2 aromatic rings. The molecule has 0 bridgehead atoms. The van der Waals surface area contributed by atoms with Gasteiger partial charge in [-0.25, -0.2) is 4.39 Å². The summed E-state index contributed by atoms with van der Waals surface area (Å²) >= 11 is 0. The average Bonchev–Trinajstić information content (AvgIpc) is 2.45. The van der Waals surface area contributed by atoms with Gasteiger partial charge in [0.05, 0.1) is 0 Å². The largest absolute Gasteiger partial charge is 0.207 e. The molecule has 0 atom stereocenters. The third kappa shape index (κ3) is 3.20. The Morgan fingerprint density at radius 1 is 1.11 bits per heavy atom. The summed E-state index contributed by atoms with van der Waals surface area (Å²) in [5.74, 6) is 2.38. The summed E-state index contributed by atoms with van der Waals surface area (Å²) in [6, 6.07) is 13.9. The molecule has 0 fully saturated rings. The molecule has 2 rings (SSSR count). The molecule has 0 unspecified atom stereocenters. The first kappa shape index (κ1) is 12.9. The second-order valence-corrected chi connectivity index (χ2v) is 4.10. The van der Waals surface area contributed by atoms with Gasteiger partial charge in [0.1, 0.15) is 5.82 Å². The van der Waals surface area contributed by atoms with Crippen LogP contribution in [0.25, 0.3) is 11.6 Å². The van der Waals surface area contributed by atoms with E-state index < -0.39 is 0 Å². The van der Waals surface area contributed by atoms with Crippen LogP contribution in [0.4, 0.5) is 4.39 Å². The fourth-order valence-corrected chi connectivity index (χ4v) is 1.72. The number of benzene rings is 2. The molecule has 92 valence electrons. The van der Waals surface area contributed by atoms with Crippen molar-refractivity contribution in [3.05, 3.63) is 83.7 Å². The van der Waals surface area contributed by atoms with E-state index in [9.17, 15) is 4.39 Å². The zero-order chi connectivity index (χ0) is 13.7. The van der Waals surface area contributed by atoms with E-state index in [1.165, 1.54) is 12.1 Å². The smallest absolute Gasteiger partial charge is 0.123 e. The molecule has 0 heterocycles. The van der Waals surface area contributed by atoms with Gasteiger partial charge in [0, 0.05) is 5.56 Å². The number of allylic oxidation sites excluding steroid dienone is 2. The predicted molar refractivity (Wildman–Crippen MR) is 78.8 cm³/mol. The molecule has 0 saturated heterocycles. The van der Waals surface area contributed by atoms with E-state index in [4.69, 9.17) is 6.42 Å². The SMILES string of the molecule is C#Cc1ccccc1C=CC(=C)c1ccc(F)cc1. The summed E-state index contributed by atoms with van der Waals surface area (Å²) in [4.78, 5) is 0. The summed E-state index contributed by atoms with van der Waals surface area (Å²) in [7, 11) is 0. The Morgan fingerprint density at radius 2 is 1.79 bits per heavy atom. The van der Waals surface area contributed by atoms with Crippen LogP contribution in [0.15, 0.2) is 61.2 Å². The van der Waals surface area contributed by atoms with Gasteiger partial charge >= 0.3 is 0 Å².